The van der Waals surface area contributed by atoms with Gasteiger partial charge in [-0.1, -0.05) is 13.8 Å². The lowest BCUT2D eigenvalue weighted by atomic mass is 10.2. The molecular weight excluding hydrogens is 224 g/mol. The van der Waals surface area contributed by atoms with Gasteiger partial charge in [0.05, 0.1) is 19.5 Å². The van der Waals surface area contributed by atoms with Crippen LogP contribution < -0.4 is 0 Å². The standard InChI is InChI=1S/C12H18O5/c1-9(2)7-15-5-6-16-8-11-10(12(13)14)3-4-17-11/h3-4,9H,5-8H2,1-2H3,(H,13,14). The number of hydrogen-bond donors (Lipinski definition) is 1. The zero-order chi connectivity index (χ0) is 12.7. The Morgan fingerprint density at radius 3 is 2.76 bits per heavy atom. The lowest BCUT2D eigenvalue weighted by Crippen LogP contribution is -2.09. The SMILES string of the molecule is CC(C)COCCOCc1occc1C(=O)O. The van der Waals surface area contributed by atoms with Crippen molar-refractivity contribution >= 4 is 5.97 Å². The molecule has 0 amide bonds. The first kappa shape index (κ1) is 13.7. The monoisotopic (exact) mass is 242 g/mol. The third kappa shape index (κ3) is 5.01. The molecule has 0 aliphatic carbocycles. The van der Waals surface area contributed by atoms with Gasteiger partial charge in [-0.3, -0.25) is 0 Å². The van der Waals surface area contributed by atoms with Crippen LogP contribution in [-0.4, -0.2) is 30.9 Å². The average molecular weight is 242 g/mol. The first-order valence-corrected chi connectivity index (χ1v) is 5.56. The lowest BCUT2D eigenvalue weighted by Gasteiger charge is -2.07. The Balaban J connectivity index is 2.18. The van der Waals surface area contributed by atoms with E-state index in [-0.39, 0.29) is 12.2 Å². The molecule has 0 saturated heterocycles. The van der Waals surface area contributed by atoms with E-state index in [0.29, 0.717) is 31.5 Å². The molecule has 5 heteroatoms. The van der Waals surface area contributed by atoms with Crippen LogP contribution in [0, 0.1) is 5.92 Å². The molecule has 0 aromatic carbocycles. The minimum Gasteiger partial charge on any atom is -0.478 e. The third-order valence-electron chi connectivity index (χ3n) is 2.03. The highest BCUT2D eigenvalue weighted by atomic mass is 16.5. The largest absolute Gasteiger partial charge is 0.478 e. The van der Waals surface area contributed by atoms with Crippen LogP contribution in [0.1, 0.15) is 30.0 Å². The second-order valence-corrected chi connectivity index (χ2v) is 4.08. The molecule has 1 aromatic heterocycles. The van der Waals surface area contributed by atoms with E-state index in [1.165, 1.54) is 12.3 Å². The molecule has 0 aliphatic heterocycles. The van der Waals surface area contributed by atoms with Crippen LogP contribution in [0.4, 0.5) is 0 Å². The fraction of sp³-hybridized carbons (Fsp3) is 0.583. The average Bonchev–Trinajstić information content (AvgIpc) is 2.71. The second kappa shape index (κ2) is 7.09. The number of rotatable bonds is 8. The number of hydrogen-bond acceptors (Lipinski definition) is 4. The molecule has 0 saturated carbocycles. The molecular formula is C12H18O5. The predicted molar refractivity (Wildman–Crippen MR) is 61.0 cm³/mol. The fourth-order valence-corrected chi connectivity index (χ4v) is 1.24. The normalized spacial score (nSPS) is 11.0. The smallest absolute Gasteiger partial charge is 0.339 e. The van der Waals surface area contributed by atoms with Crippen LogP contribution in [0.5, 0.6) is 0 Å². The van der Waals surface area contributed by atoms with Crippen molar-refractivity contribution in [1.82, 2.24) is 0 Å². The van der Waals surface area contributed by atoms with Gasteiger partial charge in [0, 0.05) is 6.61 Å². The first-order chi connectivity index (χ1) is 8.11. The Morgan fingerprint density at radius 2 is 2.12 bits per heavy atom. The molecule has 0 bridgehead atoms. The Labute approximate surface area is 100 Å². The third-order valence-corrected chi connectivity index (χ3v) is 2.03. The Bertz CT molecular complexity index is 342. The second-order valence-electron chi connectivity index (χ2n) is 4.08. The maximum absolute atomic E-state index is 10.8. The fourth-order valence-electron chi connectivity index (χ4n) is 1.24. The van der Waals surface area contributed by atoms with Crippen molar-refractivity contribution in [3.8, 4) is 0 Å². The summed E-state index contributed by atoms with van der Waals surface area (Å²) < 4.78 is 15.6. The number of carboxylic acid groups (broad SMARTS) is 1. The highest BCUT2D eigenvalue weighted by molar-refractivity contribution is 5.88. The molecule has 0 aliphatic rings. The van der Waals surface area contributed by atoms with Gasteiger partial charge in [-0.05, 0) is 12.0 Å². The maximum Gasteiger partial charge on any atom is 0.339 e. The van der Waals surface area contributed by atoms with E-state index in [0.717, 1.165) is 0 Å². The maximum atomic E-state index is 10.8. The van der Waals surface area contributed by atoms with E-state index in [1.807, 2.05) is 0 Å². The van der Waals surface area contributed by atoms with Crippen LogP contribution in [-0.2, 0) is 16.1 Å². The van der Waals surface area contributed by atoms with E-state index in [4.69, 9.17) is 19.0 Å². The van der Waals surface area contributed by atoms with Crippen molar-refractivity contribution in [1.29, 1.82) is 0 Å². The van der Waals surface area contributed by atoms with Crippen LogP contribution in [0.3, 0.4) is 0 Å². The molecule has 0 spiro atoms. The number of aromatic carboxylic acids is 1. The first-order valence-electron chi connectivity index (χ1n) is 5.56. The van der Waals surface area contributed by atoms with Gasteiger partial charge in [0.1, 0.15) is 17.9 Å². The van der Waals surface area contributed by atoms with Crippen molar-refractivity contribution in [3.63, 3.8) is 0 Å². The van der Waals surface area contributed by atoms with Gasteiger partial charge in [0.25, 0.3) is 0 Å². The zero-order valence-corrected chi connectivity index (χ0v) is 10.1. The Kier molecular flexibility index (Phi) is 5.72. The van der Waals surface area contributed by atoms with Crippen LogP contribution in [0.25, 0.3) is 0 Å². The van der Waals surface area contributed by atoms with Gasteiger partial charge < -0.3 is 19.0 Å². The highest BCUT2D eigenvalue weighted by Crippen LogP contribution is 2.11. The van der Waals surface area contributed by atoms with Gasteiger partial charge in [-0.15, -0.1) is 0 Å². The minimum absolute atomic E-state index is 0.146. The summed E-state index contributed by atoms with van der Waals surface area (Å²) in [5, 5.41) is 8.82. The van der Waals surface area contributed by atoms with Crippen molar-refractivity contribution in [3.05, 3.63) is 23.7 Å². The van der Waals surface area contributed by atoms with E-state index < -0.39 is 5.97 Å². The summed E-state index contributed by atoms with van der Waals surface area (Å²) in [6.45, 7) is 5.92. The van der Waals surface area contributed by atoms with Gasteiger partial charge in [0.15, 0.2) is 0 Å². The molecule has 1 N–H and O–H groups in total. The summed E-state index contributed by atoms with van der Waals surface area (Å²) >= 11 is 0. The van der Waals surface area contributed by atoms with Crippen LogP contribution in [0.2, 0.25) is 0 Å². The molecule has 0 radical (unpaired) electrons. The summed E-state index contributed by atoms with van der Waals surface area (Å²) in [5.41, 5.74) is 0.146. The van der Waals surface area contributed by atoms with Gasteiger partial charge in [-0.25, -0.2) is 4.79 Å². The van der Waals surface area contributed by atoms with E-state index >= 15 is 0 Å². The van der Waals surface area contributed by atoms with Crippen molar-refractivity contribution in [2.24, 2.45) is 5.92 Å². The summed E-state index contributed by atoms with van der Waals surface area (Å²) in [6, 6.07) is 1.41. The molecule has 17 heavy (non-hydrogen) atoms. The topological polar surface area (TPSA) is 68.9 Å². The zero-order valence-electron chi connectivity index (χ0n) is 10.1. The summed E-state index contributed by atoms with van der Waals surface area (Å²) in [6.07, 6.45) is 1.34. The molecule has 5 nitrogen and oxygen atoms in total. The minimum atomic E-state index is -1.01. The molecule has 0 fully saturated rings. The van der Waals surface area contributed by atoms with Gasteiger partial charge in [0.2, 0.25) is 0 Å². The number of ether oxygens (including phenoxy) is 2. The van der Waals surface area contributed by atoms with Gasteiger partial charge in [-0.2, -0.15) is 0 Å². The quantitative estimate of drug-likeness (QED) is 0.707. The van der Waals surface area contributed by atoms with E-state index in [1.54, 1.807) is 0 Å². The van der Waals surface area contributed by atoms with Crippen LogP contribution >= 0.6 is 0 Å². The molecule has 0 unspecified atom stereocenters. The highest BCUT2D eigenvalue weighted by Gasteiger charge is 2.12. The lowest BCUT2D eigenvalue weighted by molar-refractivity contribution is 0.0258. The summed E-state index contributed by atoms with van der Waals surface area (Å²) in [5.74, 6) is -0.173. The summed E-state index contributed by atoms with van der Waals surface area (Å²) in [4.78, 5) is 10.8. The van der Waals surface area contributed by atoms with E-state index in [2.05, 4.69) is 13.8 Å². The van der Waals surface area contributed by atoms with Crippen molar-refractivity contribution in [2.45, 2.75) is 20.5 Å². The molecule has 0 atom stereocenters. The Morgan fingerprint density at radius 1 is 1.41 bits per heavy atom. The van der Waals surface area contributed by atoms with E-state index in [9.17, 15) is 4.79 Å². The molecule has 1 aromatic rings. The van der Waals surface area contributed by atoms with Crippen LogP contribution in [0.15, 0.2) is 16.7 Å². The number of furan rings is 1. The van der Waals surface area contributed by atoms with Gasteiger partial charge >= 0.3 is 5.97 Å². The van der Waals surface area contributed by atoms with Crippen molar-refractivity contribution < 1.29 is 23.8 Å². The number of carbonyl (C=O) groups is 1. The Hall–Kier alpha value is -1.33. The molecule has 1 rings (SSSR count). The molecule has 96 valence electrons. The predicted octanol–water partition coefficient (Wildman–Crippen LogP) is 2.17. The summed E-state index contributed by atoms with van der Waals surface area (Å²) in [7, 11) is 0. The number of carboxylic acids is 1. The van der Waals surface area contributed by atoms with Crippen molar-refractivity contribution in [2.75, 3.05) is 19.8 Å². The molecule has 1 heterocycles.